The molecule has 0 aromatic carbocycles. The summed E-state index contributed by atoms with van der Waals surface area (Å²) in [6.45, 7) is 5.00. The van der Waals surface area contributed by atoms with Crippen LogP contribution in [0, 0.1) is 0 Å². The molecule has 0 radical (unpaired) electrons. The molecule has 0 spiro atoms. The van der Waals surface area contributed by atoms with Gasteiger partial charge in [0.25, 0.3) is 0 Å². The second-order valence-electron chi connectivity index (χ2n) is 26.0. The fraction of sp³-hybridized carbons (Fsp3) is 0.947. The average Bonchev–Trinajstić information content (AvgIpc) is 3.47. The van der Waals surface area contributed by atoms with E-state index in [1.54, 1.807) is 0 Å². The lowest BCUT2D eigenvalue weighted by Crippen LogP contribution is -2.45. The van der Waals surface area contributed by atoms with Gasteiger partial charge in [0.05, 0.1) is 25.4 Å². The van der Waals surface area contributed by atoms with Crippen molar-refractivity contribution in [2.45, 2.75) is 443 Å². The van der Waals surface area contributed by atoms with E-state index in [9.17, 15) is 19.8 Å². The lowest BCUT2D eigenvalue weighted by Gasteiger charge is -2.22. The van der Waals surface area contributed by atoms with E-state index in [-0.39, 0.29) is 18.5 Å². The minimum absolute atomic E-state index is 0.0189. The van der Waals surface area contributed by atoms with E-state index in [0.29, 0.717) is 25.9 Å². The van der Waals surface area contributed by atoms with Crippen LogP contribution >= 0.6 is 0 Å². The first-order valence-corrected chi connectivity index (χ1v) is 37.4. The lowest BCUT2D eigenvalue weighted by atomic mass is 10.0. The fourth-order valence-corrected chi connectivity index (χ4v) is 12.1. The number of hydrogen-bond acceptors (Lipinski definition) is 5. The largest absolute Gasteiger partial charge is 0.466 e. The Kier molecular flexibility index (Phi) is 69.9. The SMILES string of the molecule is CCCCCCCCCCCCCCCCCCCCCCCC(O)C(CO)NC(=O)CCCCCCCCCCCCCCCCCC/C=C\CCCCCCCCCCCCCCOC(=O)CCCCCCCCCCCCC. The Morgan fingerprint density at radius 3 is 0.877 bits per heavy atom. The van der Waals surface area contributed by atoms with Crippen LogP contribution in [0.25, 0.3) is 0 Å². The Morgan fingerprint density at radius 2 is 0.580 bits per heavy atom. The van der Waals surface area contributed by atoms with Crippen molar-refractivity contribution < 1.29 is 24.5 Å². The number of aliphatic hydroxyl groups excluding tert-OH is 2. The zero-order valence-corrected chi connectivity index (χ0v) is 55.3. The van der Waals surface area contributed by atoms with Crippen molar-refractivity contribution in [1.29, 1.82) is 0 Å². The Bertz CT molecular complexity index is 1220. The molecule has 482 valence electrons. The molecule has 0 fully saturated rings. The summed E-state index contributed by atoms with van der Waals surface area (Å²) in [5.74, 6) is -0.00809. The number of hydrogen-bond donors (Lipinski definition) is 3. The maximum absolute atomic E-state index is 12.6. The predicted molar refractivity (Wildman–Crippen MR) is 357 cm³/mol. The molecule has 0 rings (SSSR count). The number of aliphatic hydroxyl groups is 2. The summed E-state index contributed by atoms with van der Waals surface area (Å²) >= 11 is 0. The van der Waals surface area contributed by atoms with Crippen LogP contribution in [0.4, 0.5) is 0 Å². The molecule has 1 amide bonds. The molecule has 0 aliphatic rings. The van der Waals surface area contributed by atoms with E-state index in [4.69, 9.17) is 4.74 Å². The minimum atomic E-state index is -0.663. The summed E-state index contributed by atoms with van der Waals surface area (Å²) in [7, 11) is 0. The van der Waals surface area contributed by atoms with Gasteiger partial charge in [-0.05, 0) is 51.4 Å². The number of ether oxygens (including phenoxy) is 1. The first-order chi connectivity index (χ1) is 40.0. The maximum atomic E-state index is 12.6. The molecule has 0 saturated heterocycles. The van der Waals surface area contributed by atoms with Crippen molar-refractivity contribution in [3.63, 3.8) is 0 Å². The zero-order valence-electron chi connectivity index (χ0n) is 55.3. The molecular formula is C75H147NO5. The van der Waals surface area contributed by atoms with Crippen LogP contribution in [0.15, 0.2) is 12.2 Å². The van der Waals surface area contributed by atoms with E-state index in [0.717, 1.165) is 38.5 Å². The van der Waals surface area contributed by atoms with E-state index in [2.05, 4.69) is 31.3 Å². The van der Waals surface area contributed by atoms with Crippen molar-refractivity contribution in [2.75, 3.05) is 13.2 Å². The second-order valence-corrected chi connectivity index (χ2v) is 26.0. The Labute approximate surface area is 508 Å². The average molecular weight is 1140 g/mol. The molecule has 0 heterocycles. The summed E-state index contributed by atoms with van der Waals surface area (Å²) in [5, 5.41) is 23.4. The smallest absolute Gasteiger partial charge is 0.305 e. The van der Waals surface area contributed by atoms with Gasteiger partial charge >= 0.3 is 5.97 Å². The molecule has 0 bridgehead atoms. The molecule has 2 unspecified atom stereocenters. The molecular weight excluding hydrogens is 995 g/mol. The Morgan fingerprint density at radius 1 is 0.333 bits per heavy atom. The summed E-state index contributed by atoms with van der Waals surface area (Å²) in [6.07, 6.45) is 88.6. The van der Waals surface area contributed by atoms with Crippen molar-refractivity contribution in [3.8, 4) is 0 Å². The van der Waals surface area contributed by atoms with Gasteiger partial charge in [-0.25, -0.2) is 0 Å². The molecule has 81 heavy (non-hydrogen) atoms. The lowest BCUT2D eigenvalue weighted by molar-refractivity contribution is -0.143. The molecule has 0 aromatic rings. The monoisotopic (exact) mass is 1140 g/mol. The van der Waals surface area contributed by atoms with Gasteiger partial charge in [0.1, 0.15) is 0 Å². The third-order valence-corrected chi connectivity index (χ3v) is 17.8. The summed E-state index contributed by atoms with van der Waals surface area (Å²) in [4.78, 5) is 24.6. The summed E-state index contributed by atoms with van der Waals surface area (Å²) in [6, 6.07) is -0.540. The minimum Gasteiger partial charge on any atom is -0.466 e. The summed E-state index contributed by atoms with van der Waals surface area (Å²) in [5.41, 5.74) is 0. The van der Waals surface area contributed by atoms with Gasteiger partial charge in [-0.1, -0.05) is 379 Å². The van der Waals surface area contributed by atoms with Crippen LogP contribution in [0.3, 0.4) is 0 Å². The highest BCUT2D eigenvalue weighted by molar-refractivity contribution is 5.76. The molecule has 2 atom stereocenters. The standard InChI is InChI=1S/C75H147NO5/c1-3-5-7-9-11-13-15-16-17-18-19-32-35-38-41-44-48-51-55-59-63-67-73(78)72(71-77)76-74(79)68-64-60-56-52-49-45-42-39-36-33-30-28-26-24-22-20-21-23-25-27-29-31-34-37-40-43-46-50-54-58-62-66-70-81-75(80)69-65-61-57-53-47-14-12-10-8-6-4-2/h23,25,72-73,77-78H,3-22,24,26-71H2,1-2H3,(H,76,79)/b25-23-. The normalized spacial score (nSPS) is 12.5. The number of amides is 1. The molecule has 0 saturated carbocycles. The highest BCUT2D eigenvalue weighted by Crippen LogP contribution is 2.20. The number of carbonyl (C=O) groups excluding carboxylic acids is 2. The highest BCUT2D eigenvalue weighted by Gasteiger charge is 2.20. The van der Waals surface area contributed by atoms with Gasteiger partial charge in [0, 0.05) is 12.8 Å². The number of rotatable bonds is 71. The number of allylic oxidation sites excluding steroid dienone is 2. The molecule has 0 aliphatic carbocycles. The number of esters is 1. The second kappa shape index (κ2) is 71.1. The first kappa shape index (κ1) is 79.6. The van der Waals surface area contributed by atoms with Crippen molar-refractivity contribution in [3.05, 3.63) is 12.2 Å². The Hall–Kier alpha value is -1.40. The van der Waals surface area contributed by atoms with E-state index >= 15 is 0 Å². The third kappa shape index (κ3) is 67.6. The van der Waals surface area contributed by atoms with E-state index in [1.165, 1.54) is 360 Å². The molecule has 6 nitrogen and oxygen atoms in total. The zero-order chi connectivity index (χ0) is 58.5. The van der Waals surface area contributed by atoms with Crippen LogP contribution < -0.4 is 5.32 Å². The highest BCUT2D eigenvalue weighted by atomic mass is 16.5. The molecule has 0 aromatic heterocycles. The topological polar surface area (TPSA) is 95.9 Å². The molecule has 6 heteroatoms. The van der Waals surface area contributed by atoms with Gasteiger partial charge in [-0.15, -0.1) is 0 Å². The van der Waals surface area contributed by atoms with Crippen LogP contribution in [-0.4, -0.2) is 47.4 Å². The fourth-order valence-electron chi connectivity index (χ4n) is 12.1. The van der Waals surface area contributed by atoms with Gasteiger partial charge in [-0.3, -0.25) is 9.59 Å². The quantitative estimate of drug-likeness (QED) is 0.0320. The number of unbranched alkanes of at least 4 members (excludes halogenated alkanes) is 58. The van der Waals surface area contributed by atoms with Crippen LogP contribution in [0.5, 0.6) is 0 Å². The van der Waals surface area contributed by atoms with Crippen LogP contribution in [0.1, 0.15) is 431 Å². The predicted octanol–water partition coefficient (Wildman–Crippen LogP) is 24.3. The first-order valence-electron chi connectivity index (χ1n) is 37.4. The van der Waals surface area contributed by atoms with Crippen molar-refractivity contribution in [2.24, 2.45) is 0 Å². The van der Waals surface area contributed by atoms with E-state index < -0.39 is 12.1 Å². The number of nitrogens with one attached hydrogen (secondary N) is 1. The molecule has 3 N–H and O–H groups in total. The van der Waals surface area contributed by atoms with Crippen LogP contribution in [-0.2, 0) is 14.3 Å². The number of carbonyl (C=O) groups is 2. The maximum Gasteiger partial charge on any atom is 0.305 e. The van der Waals surface area contributed by atoms with Crippen LogP contribution in [0.2, 0.25) is 0 Å². The summed E-state index contributed by atoms with van der Waals surface area (Å²) < 4.78 is 5.48. The van der Waals surface area contributed by atoms with Gasteiger partial charge in [-0.2, -0.15) is 0 Å². The van der Waals surface area contributed by atoms with Gasteiger partial charge in [0.2, 0.25) is 5.91 Å². The van der Waals surface area contributed by atoms with Gasteiger partial charge < -0.3 is 20.3 Å². The molecule has 0 aliphatic heterocycles. The third-order valence-electron chi connectivity index (χ3n) is 17.8. The van der Waals surface area contributed by atoms with E-state index in [1.807, 2.05) is 0 Å². The Balaban J connectivity index is 3.35. The van der Waals surface area contributed by atoms with Crippen molar-refractivity contribution >= 4 is 11.9 Å². The van der Waals surface area contributed by atoms with Gasteiger partial charge in [0.15, 0.2) is 0 Å². The van der Waals surface area contributed by atoms with Crippen molar-refractivity contribution in [1.82, 2.24) is 5.32 Å².